The highest BCUT2D eigenvalue weighted by molar-refractivity contribution is 5.49. The predicted octanol–water partition coefficient (Wildman–Crippen LogP) is 2.54. The second-order valence-corrected chi connectivity index (χ2v) is 4.45. The Balaban J connectivity index is 2.23. The third-order valence-corrected chi connectivity index (χ3v) is 2.86. The van der Waals surface area contributed by atoms with Gasteiger partial charge in [0.05, 0.1) is 0 Å². The summed E-state index contributed by atoms with van der Waals surface area (Å²) < 4.78 is 0. The Kier molecular flexibility index (Phi) is 2.44. The minimum absolute atomic E-state index is 0.837. The molecule has 1 aromatic rings. The average Bonchev–Trinajstić information content (AvgIpc) is 2.50. The summed E-state index contributed by atoms with van der Waals surface area (Å²) in [5.41, 5.74) is 3.60. The van der Waals surface area contributed by atoms with Crippen LogP contribution in [0.5, 0.6) is 0 Å². The molecule has 1 unspecified atom stereocenters. The van der Waals surface area contributed by atoms with Crippen molar-refractivity contribution in [1.29, 1.82) is 0 Å². The molecule has 0 saturated carbocycles. The van der Waals surface area contributed by atoms with Gasteiger partial charge in [-0.1, -0.05) is 6.92 Å². The first-order valence-electron chi connectivity index (χ1n) is 5.35. The first-order valence-corrected chi connectivity index (χ1v) is 5.35. The van der Waals surface area contributed by atoms with Crippen molar-refractivity contribution in [2.75, 3.05) is 18.0 Å². The van der Waals surface area contributed by atoms with Crippen LogP contribution in [0.1, 0.15) is 24.7 Å². The normalized spacial score (nSPS) is 21.6. The minimum Gasteiger partial charge on any atom is -0.371 e. The molecule has 0 spiro atoms. The Hall–Kier alpha value is -1.05. The van der Waals surface area contributed by atoms with Gasteiger partial charge in [-0.2, -0.15) is 0 Å². The fourth-order valence-electron chi connectivity index (χ4n) is 2.16. The van der Waals surface area contributed by atoms with Crippen LogP contribution in [-0.2, 0) is 0 Å². The Morgan fingerprint density at radius 3 is 2.43 bits per heavy atom. The maximum absolute atomic E-state index is 4.40. The zero-order valence-corrected chi connectivity index (χ0v) is 9.25. The number of nitrogens with zero attached hydrogens (tertiary/aromatic N) is 2. The number of hydrogen-bond donors (Lipinski definition) is 0. The lowest BCUT2D eigenvalue weighted by molar-refractivity contribution is 0.659. The first-order chi connectivity index (χ1) is 6.65. The molecule has 0 bridgehead atoms. The van der Waals surface area contributed by atoms with Crippen molar-refractivity contribution in [2.24, 2.45) is 5.92 Å². The van der Waals surface area contributed by atoms with E-state index in [0.717, 1.165) is 17.3 Å². The van der Waals surface area contributed by atoms with E-state index < -0.39 is 0 Å². The van der Waals surface area contributed by atoms with E-state index >= 15 is 0 Å². The third-order valence-electron chi connectivity index (χ3n) is 2.86. The van der Waals surface area contributed by atoms with E-state index in [1.54, 1.807) is 0 Å². The van der Waals surface area contributed by atoms with E-state index in [1.807, 2.05) is 0 Å². The second kappa shape index (κ2) is 3.60. The van der Waals surface area contributed by atoms with Crippen molar-refractivity contribution in [3.63, 3.8) is 0 Å². The van der Waals surface area contributed by atoms with Crippen LogP contribution in [-0.4, -0.2) is 18.1 Å². The summed E-state index contributed by atoms with van der Waals surface area (Å²) in [5, 5.41) is 0. The molecule has 0 radical (unpaired) electrons. The first kappa shape index (κ1) is 9.50. The van der Waals surface area contributed by atoms with E-state index in [4.69, 9.17) is 0 Å². The van der Waals surface area contributed by atoms with Crippen LogP contribution in [0.25, 0.3) is 0 Å². The van der Waals surface area contributed by atoms with Gasteiger partial charge in [0, 0.05) is 30.2 Å². The van der Waals surface area contributed by atoms with Crippen molar-refractivity contribution in [3.05, 3.63) is 23.5 Å². The van der Waals surface area contributed by atoms with Crippen LogP contribution in [0.4, 0.5) is 5.69 Å². The molecule has 2 heteroatoms. The largest absolute Gasteiger partial charge is 0.371 e. The van der Waals surface area contributed by atoms with E-state index in [9.17, 15) is 0 Å². The van der Waals surface area contributed by atoms with Gasteiger partial charge in [0.2, 0.25) is 0 Å². The molecule has 0 aromatic carbocycles. The van der Waals surface area contributed by atoms with Crippen LogP contribution >= 0.6 is 0 Å². The molecular formula is C12H18N2. The molecule has 2 heterocycles. The molecule has 0 aliphatic carbocycles. The number of aryl methyl sites for hydroxylation is 2. The Labute approximate surface area is 86.0 Å². The lowest BCUT2D eigenvalue weighted by atomic mass is 10.2. The maximum atomic E-state index is 4.40. The predicted molar refractivity (Wildman–Crippen MR) is 59.7 cm³/mol. The molecule has 2 nitrogen and oxygen atoms in total. The molecule has 1 aromatic heterocycles. The molecule has 2 rings (SSSR count). The highest BCUT2D eigenvalue weighted by Crippen LogP contribution is 2.24. The molecule has 0 N–H and O–H groups in total. The van der Waals surface area contributed by atoms with Crippen LogP contribution < -0.4 is 4.90 Å². The Morgan fingerprint density at radius 2 is 1.93 bits per heavy atom. The molecule has 1 aliphatic heterocycles. The van der Waals surface area contributed by atoms with Crippen molar-refractivity contribution in [1.82, 2.24) is 4.98 Å². The van der Waals surface area contributed by atoms with Gasteiger partial charge in [-0.15, -0.1) is 0 Å². The fourth-order valence-corrected chi connectivity index (χ4v) is 2.16. The molecule has 14 heavy (non-hydrogen) atoms. The standard InChI is InChI=1S/C12H18N2/c1-9-4-5-14(8-9)12-6-10(2)13-11(3)7-12/h6-7,9H,4-5,8H2,1-3H3. The smallest absolute Gasteiger partial charge is 0.0402 e. The zero-order chi connectivity index (χ0) is 10.1. The Morgan fingerprint density at radius 1 is 1.29 bits per heavy atom. The van der Waals surface area contributed by atoms with E-state index in [-0.39, 0.29) is 0 Å². The lowest BCUT2D eigenvalue weighted by Gasteiger charge is -2.18. The highest BCUT2D eigenvalue weighted by Gasteiger charge is 2.19. The van der Waals surface area contributed by atoms with Crippen molar-refractivity contribution < 1.29 is 0 Å². The third kappa shape index (κ3) is 1.89. The lowest BCUT2D eigenvalue weighted by Crippen LogP contribution is -2.19. The van der Waals surface area contributed by atoms with E-state index in [0.29, 0.717) is 0 Å². The fraction of sp³-hybridized carbons (Fsp3) is 0.583. The number of anilines is 1. The average molecular weight is 190 g/mol. The summed E-state index contributed by atoms with van der Waals surface area (Å²) in [6.45, 7) is 8.85. The number of aromatic nitrogens is 1. The topological polar surface area (TPSA) is 16.1 Å². The summed E-state index contributed by atoms with van der Waals surface area (Å²) >= 11 is 0. The van der Waals surface area contributed by atoms with E-state index in [2.05, 4.69) is 42.8 Å². The van der Waals surface area contributed by atoms with Crippen molar-refractivity contribution in [3.8, 4) is 0 Å². The number of hydrogen-bond acceptors (Lipinski definition) is 2. The number of pyridine rings is 1. The van der Waals surface area contributed by atoms with Gasteiger partial charge in [0.25, 0.3) is 0 Å². The van der Waals surface area contributed by atoms with Gasteiger partial charge in [0.15, 0.2) is 0 Å². The Bertz CT molecular complexity index is 313. The van der Waals surface area contributed by atoms with E-state index in [1.165, 1.54) is 25.2 Å². The molecule has 1 aliphatic rings. The van der Waals surface area contributed by atoms with Gasteiger partial charge in [-0.25, -0.2) is 0 Å². The second-order valence-electron chi connectivity index (χ2n) is 4.45. The van der Waals surface area contributed by atoms with Gasteiger partial charge in [0.1, 0.15) is 0 Å². The van der Waals surface area contributed by atoms with Gasteiger partial charge in [-0.3, -0.25) is 4.98 Å². The molecule has 1 fully saturated rings. The summed E-state index contributed by atoms with van der Waals surface area (Å²) in [6, 6.07) is 4.37. The molecular weight excluding hydrogens is 172 g/mol. The van der Waals surface area contributed by atoms with Crippen LogP contribution in [0.2, 0.25) is 0 Å². The SMILES string of the molecule is Cc1cc(N2CCC(C)C2)cc(C)n1. The van der Waals surface area contributed by atoms with Crippen molar-refractivity contribution in [2.45, 2.75) is 27.2 Å². The van der Waals surface area contributed by atoms with Gasteiger partial charge in [-0.05, 0) is 38.3 Å². The maximum Gasteiger partial charge on any atom is 0.0402 e. The minimum atomic E-state index is 0.837. The number of rotatable bonds is 1. The summed E-state index contributed by atoms with van der Waals surface area (Å²) in [6.07, 6.45) is 1.32. The summed E-state index contributed by atoms with van der Waals surface area (Å²) in [7, 11) is 0. The van der Waals surface area contributed by atoms with Crippen molar-refractivity contribution >= 4 is 5.69 Å². The molecule has 0 amide bonds. The molecule has 1 saturated heterocycles. The highest BCUT2D eigenvalue weighted by atomic mass is 15.1. The van der Waals surface area contributed by atoms with Crippen LogP contribution in [0.3, 0.4) is 0 Å². The van der Waals surface area contributed by atoms with Gasteiger partial charge >= 0.3 is 0 Å². The summed E-state index contributed by atoms with van der Waals surface area (Å²) in [4.78, 5) is 6.86. The van der Waals surface area contributed by atoms with Crippen LogP contribution in [0.15, 0.2) is 12.1 Å². The van der Waals surface area contributed by atoms with Crippen LogP contribution in [0, 0.1) is 19.8 Å². The van der Waals surface area contributed by atoms with Gasteiger partial charge < -0.3 is 4.90 Å². The quantitative estimate of drug-likeness (QED) is 0.676. The zero-order valence-electron chi connectivity index (χ0n) is 9.25. The monoisotopic (exact) mass is 190 g/mol. The molecule has 76 valence electrons. The summed E-state index contributed by atoms with van der Waals surface area (Å²) in [5.74, 6) is 0.837. The molecule has 1 atom stereocenters.